The van der Waals surface area contributed by atoms with Gasteiger partial charge in [0.1, 0.15) is 6.04 Å². The van der Waals surface area contributed by atoms with E-state index < -0.39 is 12.2 Å². The van der Waals surface area contributed by atoms with E-state index in [9.17, 15) is 13.2 Å². The van der Waals surface area contributed by atoms with E-state index in [1.165, 1.54) is 18.2 Å². The third-order valence-electron chi connectivity index (χ3n) is 5.09. The number of hydrogen-bond donors (Lipinski definition) is 1. The van der Waals surface area contributed by atoms with Gasteiger partial charge in [-0.3, -0.25) is 9.89 Å². The van der Waals surface area contributed by atoms with Crippen LogP contribution in [0.25, 0.3) is 0 Å². The summed E-state index contributed by atoms with van der Waals surface area (Å²) in [4.78, 5) is 10.7. The molecule has 2 aliphatic rings. The zero-order chi connectivity index (χ0) is 17.7. The fourth-order valence-corrected chi connectivity index (χ4v) is 3.36. The molecule has 2 rings (SSSR count). The summed E-state index contributed by atoms with van der Waals surface area (Å²) in [7, 11) is 2.12. The minimum atomic E-state index is -4.16. The number of halogens is 4. The Morgan fingerprint density at radius 2 is 1.84 bits per heavy atom. The molecule has 0 bridgehead atoms. The minimum Gasteiger partial charge on any atom is -0.357 e. The second-order valence-corrected chi connectivity index (χ2v) is 6.71. The second-order valence-electron chi connectivity index (χ2n) is 6.71. The first-order valence-electron chi connectivity index (χ1n) is 8.87. The summed E-state index contributed by atoms with van der Waals surface area (Å²) in [6.45, 7) is 7.85. The van der Waals surface area contributed by atoms with Crippen molar-refractivity contribution in [2.24, 2.45) is 4.99 Å². The van der Waals surface area contributed by atoms with E-state index in [0.29, 0.717) is 32.2 Å². The highest BCUT2D eigenvalue weighted by Crippen LogP contribution is 2.25. The molecule has 0 aromatic carbocycles. The summed E-state index contributed by atoms with van der Waals surface area (Å²) in [5.41, 5.74) is 0. The van der Waals surface area contributed by atoms with E-state index in [0.717, 1.165) is 32.0 Å². The number of hydrogen-bond acceptors (Lipinski definition) is 3. The van der Waals surface area contributed by atoms with E-state index in [1.807, 2.05) is 6.92 Å². The molecule has 0 aromatic heterocycles. The van der Waals surface area contributed by atoms with Gasteiger partial charge in [0.05, 0.1) is 6.54 Å². The predicted octanol–water partition coefficient (Wildman–Crippen LogP) is 2.23. The van der Waals surface area contributed by atoms with Crippen LogP contribution < -0.4 is 5.32 Å². The van der Waals surface area contributed by atoms with Gasteiger partial charge in [0.15, 0.2) is 5.96 Å². The molecule has 0 spiro atoms. The Hall–Kier alpha value is -0.290. The summed E-state index contributed by atoms with van der Waals surface area (Å²) >= 11 is 0. The number of likely N-dealkylation sites (tertiary alicyclic amines) is 1. The monoisotopic (exact) mass is 477 g/mol. The van der Waals surface area contributed by atoms with Gasteiger partial charge in [0.25, 0.3) is 0 Å². The van der Waals surface area contributed by atoms with E-state index in [2.05, 4.69) is 22.2 Å². The van der Waals surface area contributed by atoms with Crippen LogP contribution in [0.2, 0.25) is 0 Å². The van der Waals surface area contributed by atoms with Crippen molar-refractivity contribution in [3.8, 4) is 0 Å². The maximum absolute atomic E-state index is 12.8. The highest BCUT2D eigenvalue weighted by molar-refractivity contribution is 14.0. The Morgan fingerprint density at radius 1 is 1.20 bits per heavy atom. The lowest BCUT2D eigenvalue weighted by atomic mass is 10.2. The Morgan fingerprint density at radius 3 is 2.32 bits per heavy atom. The Bertz CT molecular complexity index is 424. The summed E-state index contributed by atoms with van der Waals surface area (Å²) in [6.07, 6.45) is -1.79. The summed E-state index contributed by atoms with van der Waals surface area (Å²) < 4.78 is 38.5. The van der Waals surface area contributed by atoms with E-state index >= 15 is 0 Å². The van der Waals surface area contributed by atoms with Gasteiger partial charge in [-0.1, -0.05) is 0 Å². The van der Waals surface area contributed by atoms with Gasteiger partial charge in [0.2, 0.25) is 0 Å². The van der Waals surface area contributed by atoms with Crippen molar-refractivity contribution >= 4 is 29.9 Å². The number of guanidine groups is 1. The Labute approximate surface area is 166 Å². The third kappa shape index (κ3) is 6.42. The molecule has 0 amide bonds. The zero-order valence-electron chi connectivity index (χ0n) is 15.3. The predicted molar refractivity (Wildman–Crippen MR) is 106 cm³/mol. The molecular weight excluding hydrogens is 446 g/mol. The van der Waals surface area contributed by atoms with Crippen LogP contribution in [0.1, 0.15) is 26.7 Å². The first-order chi connectivity index (χ1) is 11.3. The smallest absolute Gasteiger partial charge is 0.357 e. The lowest BCUT2D eigenvalue weighted by Crippen LogP contribution is -2.56. The molecule has 2 aliphatic heterocycles. The molecule has 2 heterocycles. The molecule has 0 aliphatic carbocycles. The summed E-state index contributed by atoms with van der Waals surface area (Å²) in [6, 6.07) is -0.906. The molecule has 25 heavy (non-hydrogen) atoms. The van der Waals surface area contributed by atoms with E-state index in [-0.39, 0.29) is 24.0 Å². The normalized spacial score (nSPS) is 25.0. The van der Waals surface area contributed by atoms with Crippen molar-refractivity contribution < 1.29 is 13.2 Å². The van der Waals surface area contributed by atoms with Crippen molar-refractivity contribution in [1.82, 2.24) is 20.0 Å². The van der Waals surface area contributed by atoms with Gasteiger partial charge in [-0.15, -0.1) is 24.0 Å². The van der Waals surface area contributed by atoms with Crippen LogP contribution in [-0.4, -0.2) is 91.8 Å². The summed E-state index contributed by atoms with van der Waals surface area (Å²) in [5.74, 6) is 0.831. The van der Waals surface area contributed by atoms with Gasteiger partial charge in [-0.2, -0.15) is 13.2 Å². The minimum absolute atomic E-state index is 0. The van der Waals surface area contributed by atoms with Gasteiger partial charge in [-0.25, -0.2) is 0 Å². The molecule has 2 fully saturated rings. The molecule has 1 N–H and O–H groups in total. The fraction of sp³-hybridized carbons (Fsp3) is 0.938. The van der Waals surface area contributed by atoms with Crippen LogP contribution in [0.5, 0.6) is 0 Å². The Balaban J connectivity index is 0.00000312. The van der Waals surface area contributed by atoms with Crippen molar-refractivity contribution in [2.75, 3.05) is 52.9 Å². The van der Waals surface area contributed by atoms with Crippen molar-refractivity contribution in [3.05, 3.63) is 0 Å². The molecule has 5 nitrogen and oxygen atoms in total. The molecule has 2 saturated heterocycles. The largest absolute Gasteiger partial charge is 0.403 e. The van der Waals surface area contributed by atoms with E-state index in [1.54, 1.807) is 0 Å². The molecule has 0 radical (unpaired) electrons. The number of rotatable bonds is 4. The topological polar surface area (TPSA) is 34.1 Å². The van der Waals surface area contributed by atoms with Crippen LogP contribution in [-0.2, 0) is 0 Å². The quantitative estimate of drug-likeness (QED) is 0.383. The molecule has 9 heteroatoms. The van der Waals surface area contributed by atoms with E-state index in [4.69, 9.17) is 4.99 Å². The van der Waals surface area contributed by atoms with Crippen LogP contribution in [0, 0.1) is 0 Å². The van der Waals surface area contributed by atoms with Crippen LogP contribution in [0.4, 0.5) is 13.2 Å². The SMILES string of the molecule is CCNC(=NCC1CCCN1C)N1CCN(C(C)C(F)(F)F)CC1.I. The lowest BCUT2D eigenvalue weighted by Gasteiger charge is -2.39. The summed E-state index contributed by atoms with van der Waals surface area (Å²) in [5, 5.41) is 3.28. The maximum atomic E-state index is 12.8. The molecular formula is C16H31F3IN5. The molecule has 0 saturated carbocycles. The standard InChI is InChI=1S/C16H30F3N5.HI/c1-4-20-15(21-12-14-6-5-7-22(14)3)24-10-8-23(9-11-24)13(2)16(17,18)19;/h13-14H,4-12H2,1-3H3,(H,20,21);1H. The van der Waals surface area contributed by atoms with Crippen LogP contribution >= 0.6 is 24.0 Å². The highest BCUT2D eigenvalue weighted by atomic mass is 127. The Kier molecular flexibility index (Phi) is 9.24. The molecule has 2 unspecified atom stereocenters. The van der Waals surface area contributed by atoms with Gasteiger partial charge >= 0.3 is 6.18 Å². The van der Waals surface area contributed by atoms with Gasteiger partial charge in [-0.05, 0) is 40.3 Å². The van der Waals surface area contributed by atoms with Crippen molar-refractivity contribution in [1.29, 1.82) is 0 Å². The van der Waals surface area contributed by atoms with Gasteiger partial charge in [0, 0.05) is 38.8 Å². The molecule has 2 atom stereocenters. The third-order valence-corrected chi connectivity index (χ3v) is 5.09. The average molecular weight is 477 g/mol. The molecule has 0 aromatic rings. The number of nitrogens with zero attached hydrogens (tertiary/aromatic N) is 4. The number of likely N-dealkylation sites (N-methyl/N-ethyl adjacent to an activating group) is 1. The first kappa shape index (κ1) is 22.8. The maximum Gasteiger partial charge on any atom is 0.403 e. The highest BCUT2D eigenvalue weighted by Gasteiger charge is 2.41. The van der Waals surface area contributed by atoms with Crippen molar-refractivity contribution in [2.45, 2.75) is 44.9 Å². The van der Waals surface area contributed by atoms with Crippen LogP contribution in [0.3, 0.4) is 0 Å². The number of aliphatic imine (C=N–C) groups is 1. The first-order valence-corrected chi connectivity index (χ1v) is 8.87. The second kappa shape index (κ2) is 10.1. The molecule has 148 valence electrons. The zero-order valence-corrected chi connectivity index (χ0v) is 17.7. The lowest BCUT2D eigenvalue weighted by molar-refractivity contribution is -0.181. The average Bonchev–Trinajstić information content (AvgIpc) is 2.95. The number of nitrogens with one attached hydrogen (secondary N) is 1. The van der Waals surface area contributed by atoms with Crippen LogP contribution in [0.15, 0.2) is 4.99 Å². The number of alkyl halides is 3. The fourth-order valence-electron chi connectivity index (χ4n) is 3.36. The van der Waals surface area contributed by atoms with Gasteiger partial charge < -0.3 is 15.1 Å². The number of piperazine rings is 1. The van der Waals surface area contributed by atoms with Crippen molar-refractivity contribution in [3.63, 3.8) is 0 Å².